The van der Waals surface area contributed by atoms with Crippen LogP contribution in [0.1, 0.15) is 36.6 Å². The van der Waals surface area contributed by atoms with Crippen LogP contribution in [0.2, 0.25) is 4.34 Å². The van der Waals surface area contributed by atoms with E-state index in [1.807, 2.05) is 6.07 Å². The second kappa shape index (κ2) is 6.37. The molecular formula is C15H18ClNS. The highest BCUT2D eigenvalue weighted by atomic mass is 35.5. The SMILES string of the molecule is CCc1ccc(CNC(C)c2csc(Cl)c2)cc1. The molecule has 0 radical (unpaired) electrons. The maximum absolute atomic E-state index is 5.95. The van der Waals surface area contributed by atoms with E-state index >= 15 is 0 Å². The van der Waals surface area contributed by atoms with Gasteiger partial charge in [0.15, 0.2) is 0 Å². The second-order valence-corrected chi connectivity index (χ2v) is 6.00. The molecule has 1 N–H and O–H groups in total. The molecule has 0 aliphatic rings. The van der Waals surface area contributed by atoms with Crippen LogP contribution in [0.3, 0.4) is 0 Å². The van der Waals surface area contributed by atoms with Crippen LogP contribution in [0, 0.1) is 0 Å². The maximum atomic E-state index is 5.95. The molecule has 1 unspecified atom stereocenters. The smallest absolute Gasteiger partial charge is 0.0931 e. The number of hydrogen-bond acceptors (Lipinski definition) is 2. The van der Waals surface area contributed by atoms with Crippen LogP contribution in [-0.4, -0.2) is 0 Å². The minimum atomic E-state index is 0.333. The van der Waals surface area contributed by atoms with Crippen molar-refractivity contribution in [2.24, 2.45) is 0 Å². The monoisotopic (exact) mass is 279 g/mol. The van der Waals surface area contributed by atoms with Gasteiger partial charge in [-0.15, -0.1) is 11.3 Å². The first-order valence-electron chi connectivity index (χ1n) is 6.24. The predicted octanol–water partition coefficient (Wildman–Crippen LogP) is 4.81. The van der Waals surface area contributed by atoms with E-state index in [-0.39, 0.29) is 0 Å². The van der Waals surface area contributed by atoms with E-state index in [1.165, 1.54) is 16.7 Å². The van der Waals surface area contributed by atoms with Gasteiger partial charge >= 0.3 is 0 Å². The van der Waals surface area contributed by atoms with Gasteiger partial charge in [0.2, 0.25) is 0 Å². The van der Waals surface area contributed by atoms with Crippen molar-refractivity contribution in [1.82, 2.24) is 5.32 Å². The summed E-state index contributed by atoms with van der Waals surface area (Å²) in [6, 6.07) is 11.1. The van der Waals surface area contributed by atoms with Gasteiger partial charge in [0.05, 0.1) is 4.34 Å². The van der Waals surface area contributed by atoms with Crippen molar-refractivity contribution < 1.29 is 0 Å². The summed E-state index contributed by atoms with van der Waals surface area (Å²) in [6.07, 6.45) is 1.09. The molecule has 0 bridgehead atoms. The highest BCUT2D eigenvalue weighted by Crippen LogP contribution is 2.24. The quantitative estimate of drug-likeness (QED) is 0.828. The van der Waals surface area contributed by atoms with E-state index in [1.54, 1.807) is 11.3 Å². The van der Waals surface area contributed by atoms with Crippen molar-refractivity contribution in [3.8, 4) is 0 Å². The molecule has 2 rings (SSSR count). The maximum Gasteiger partial charge on any atom is 0.0931 e. The number of benzene rings is 1. The van der Waals surface area contributed by atoms with E-state index in [0.717, 1.165) is 17.3 Å². The highest BCUT2D eigenvalue weighted by molar-refractivity contribution is 7.14. The highest BCUT2D eigenvalue weighted by Gasteiger charge is 2.06. The van der Waals surface area contributed by atoms with Crippen LogP contribution in [0.5, 0.6) is 0 Å². The van der Waals surface area contributed by atoms with Gasteiger partial charge in [-0.25, -0.2) is 0 Å². The fourth-order valence-electron chi connectivity index (χ4n) is 1.83. The van der Waals surface area contributed by atoms with E-state index in [4.69, 9.17) is 11.6 Å². The number of aryl methyl sites for hydroxylation is 1. The molecule has 0 amide bonds. The van der Waals surface area contributed by atoms with Crippen LogP contribution >= 0.6 is 22.9 Å². The summed E-state index contributed by atoms with van der Waals surface area (Å²) in [7, 11) is 0. The molecule has 3 heteroatoms. The molecule has 1 aromatic carbocycles. The third-order valence-electron chi connectivity index (χ3n) is 3.13. The van der Waals surface area contributed by atoms with Gasteiger partial charge in [-0.2, -0.15) is 0 Å². The molecule has 0 aliphatic heterocycles. The lowest BCUT2D eigenvalue weighted by atomic mass is 10.1. The number of hydrogen-bond donors (Lipinski definition) is 1. The third kappa shape index (κ3) is 3.58. The van der Waals surface area contributed by atoms with Crippen molar-refractivity contribution in [3.63, 3.8) is 0 Å². The Bertz CT molecular complexity index is 489. The molecule has 1 atom stereocenters. The molecule has 0 aliphatic carbocycles. The van der Waals surface area contributed by atoms with E-state index in [9.17, 15) is 0 Å². The predicted molar refractivity (Wildman–Crippen MR) is 80.4 cm³/mol. The Kier molecular flexibility index (Phi) is 4.81. The van der Waals surface area contributed by atoms with Crippen molar-refractivity contribution >= 4 is 22.9 Å². The van der Waals surface area contributed by atoms with Gasteiger partial charge in [-0.05, 0) is 41.5 Å². The lowest BCUT2D eigenvalue weighted by Gasteiger charge is -2.12. The number of thiophene rings is 1. The molecule has 0 fully saturated rings. The Morgan fingerprint density at radius 3 is 2.44 bits per heavy atom. The Morgan fingerprint density at radius 1 is 1.22 bits per heavy atom. The lowest BCUT2D eigenvalue weighted by molar-refractivity contribution is 0.576. The van der Waals surface area contributed by atoms with E-state index in [0.29, 0.717) is 6.04 Å². The molecule has 0 saturated heterocycles. The third-order valence-corrected chi connectivity index (χ3v) is 4.24. The van der Waals surface area contributed by atoms with Gasteiger partial charge in [0.1, 0.15) is 0 Å². The van der Waals surface area contributed by atoms with Crippen LogP contribution < -0.4 is 5.32 Å². The second-order valence-electron chi connectivity index (χ2n) is 4.46. The Hall–Kier alpha value is -0.830. The Morgan fingerprint density at radius 2 is 1.89 bits per heavy atom. The summed E-state index contributed by atoms with van der Waals surface area (Å²) in [6.45, 7) is 5.23. The molecule has 2 aromatic rings. The van der Waals surface area contributed by atoms with Crippen LogP contribution in [0.15, 0.2) is 35.7 Å². The number of rotatable bonds is 5. The molecule has 18 heavy (non-hydrogen) atoms. The molecule has 1 nitrogen and oxygen atoms in total. The molecule has 0 saturated carbocycles. The molecule has 1 aromatic heterocycles. The molecular weight excluding hydrogens is 262 g/mol. The Labute approximate surface area is 118 Å². The first kappa shape index (κ1) is 13.6. The summed E-state index contributed by atoms with van der Waals surface area (Å²) < 4.78 is 0.853. The summed E-state index contributed by atoms with van der Waals surface area (Å²) >= 11 is 7.53. The molecule has 0 spiro atoms. The Balaban J connectivity index is 1.90. The topological polar surface area (TPSA) is 12.0 Å². The minimum absolute atomic E-state index is 0.333. The standard InChI is InChI=1S/C15H18ClNS/c1-3-12-4-6-13(7-5-12)9-17-11(2)14-8-15(16)18-10-14/h4-8,10-11,17H,3,9H2,1-2H3. The van der Waals surface area contributed by atoms with Crippen molar-refractivity contribution in [2.75, 3.05) is 0 Å². The van der Waals surface area contributed by atoms with E-state index < -0.39 is 0 Å². The minimum Gasteiger partial charge on any atom is -0.306 e. The fourth-order valence-corrected chi connectivity index (χ4v) is 2.82. The summed E-state index contributed by atoms with van der Waals surface area (Å²) in [5.41, 5.74) is 3.96. The summed E-state index contributed by atoms with van der Waals surface area (Å²) in [5.74, 6) is 0. The van der Waals surface area contributed by atoms with Gasteiger partial charge in [0, 0.05) is 12.6 Å². The molecule has 96 valence electrons. The van der Waals surface area contributed by atoms with Crippen molar-refractivity contribution in [2.45, 2.75) is 32.9 Å². The lowest BCUT2D eigenvalue weighted by Crippen LogP contribution is -2.17. The van der Waals surface area contributed by atoms with Crippen LogP contribution in [0.25, 0.3) is 0 Å². The largest absolute Gasteiger partial charge is 0.306 e. The zero-order valence-corrected chi connectivity index (χ0v) is 12.3. The number of halogens is 1. The number of nitrogens with one attached hydrogen (secondary N) is 1. The first-order valence-corrected chi connectivity index (χ1v) is 7.50. The van der Waals surface area contributed by atoms with Gasteiger partial charge in [-0.3, -0.25) is 0 Å². The molecule has 1 heterocycles. The summed E-state index contributed by atoms with van der Waals surface area (Å²) in [5, 5.41) is 5.63. The van der Waals surface area contributed by atoms with Gasteiger partial charge in [-0.1, -0.05) is 42.8 Å². The average molecular weight is 280 g/mol. The zero-order valence-electron chi connectivity index (χ0n) is 10.7. The van der Waals surface area contributed by atoms with Crippen molar-refractivity contribution in [1.29, 1.82) is 0 Å². The fraction of sp³-hybridized carbons (Fsp3) is 0.333. The average Bonchev–Trinajstić information content (AvgIpc) is 2.83. The summed E-state index contributed by atoms with van der Waals surface area (Å²) in [4.78, 5) is 0. The normalized spacial score (nSPS) is 12.6. The van der Waals surface area contributed by atoms with Gasteiger partial charge in [0.25, 0.3) is 0 Å². The van der Waals surface area contributed by atoms with Crippen LogP contribution in [-0.2, 0) is 13.0 Å². The van der Waals surface area contributed by atoms with E-state index in [2.05, 4.69) is 48.8 Å². The van der Waals surface area contributed by atoms with Gasteiger partial charge < -0.3 is 5.32 Å². The zero-order chi connectivity index (χ0) is 13.0. The van der Waals surface area contributed by atoms with Crippen LogP contribution in [0.4, 0.5) is 0 Å². The first-order chi connectivity index (χ1) is 8.69. The van der Waals surface area contributed by atoms with Crippen molar-refractivity contribution in [3.05, 3.63) is 56.7 Å².